The monoisotopic (exact) mass is 340 g/mol. The lowest BCUT2D eigenvalue weighted by Crippen LogP contribution is -2.11. The fourth-order valence-electron chi connectivity index (χ4n) is 2.24. The molecule has 0 unspecified atom stereocenters. The molecule has 1 heterocycles. The van der Waals surface area contributed by atoms with Gasteiger partial charge in [0.15, 0.2) is 0 Å². The Morgan fingerprint density at radius 2 is 1.62 bits per heavy atom. The summed E-state index contributed by atoms with van der Waals surface area (Å²) in [5.74, 6) is 0.442. The van der Waals surface area contributed by atoms with Gasteiger partial charge in [0.25, 0.3) is 0 Å². The summed E-state index contributed by atoms with van der Waals surface area (Å²) in [5, 5.41) is 8.17. The molecule has 2 aromatic carbocycles. The minimum atomic E-state index is -3.70. The average molecular weight is 340 g/mol. The van der Waals surface area contributed by atoms with E-state index in [9.17, 15) is 8.42 Å². The van der Waals surface area contributed by atoms with E-state index in [1.807, 2.05) is 43.3 Å². The minimum absolute atomic E-state index is 0.0585. The minimum Gasteiger partial charge on any atom is -0.324 e. The molecular weight excluding hydrogens is 324 g/mol. The second kappa shape index (κ2) is 6.38. The van der Waals surface area contributed by atoms with Gasteiger partial charge in [0.2, 0.25) is 16.0 Å². The zero-order valence-electron chi connectivity index (χ0n) is 13.0. The molecule has 24 heavy (non-hydrogen) atoms. The first kappa shape index (κ1) is 16.1. The van der Waals surface area contributed by atoms with Crippen molar-refractivity contribution in [3.05, 3.63) is 66.4 Å². The highest BCUT2D eigenvalue weighted by Crippen LogP contribution is 2.21. The molecule has 0 atom stereocenters. The molecule has 3 rings (SSSR count). The summed E-state index contributed by atoms with van der Waals surface area (Å²) >= 11 is 0. The van der Waals surface area contributed by atoms with E-state index < -0.39 is 10.0 Å². The van der Waals surface area contributed by atoms with Crippen LogP contribution in [0.3, 0.4) is 0 Å². The van der Waals surface area contributed by atoms with E-state index in [4.69, 9.17) is 5.14 Å². The summed E-state index contributed by atoms with van der Waals surface area (Å²) in [6.45, 7) is 1.89. The lowest BCUT2D eigenvalue weighted by Gasteiger charge is -2.09. The standard InChI is InChI=1S/C17H16N4O2S/c1-12-11-16(13-5-3-2-4-6-13)21-17(19-12)20-14-7-9-15(10-8-14)24(18,22)23/h2-11H,1H3,(H2,18,22,23)(H,19,20,21). The second-order valence-corrected chi connectivity index (χ2v) is 6.84. The summed E-state index contributed by atoms with van der Waals surface area (Å²) in [6, 6.07) is 17.8. The van der Waals surface area contributed by atoms with E-state index in [-0.39, 0.29) is 4.90 Å². The van der Waals surface area contributed by atoms with Crippen molar-refractivity contribution < 1.29 is 8.42 Å². The highest BCUT2D eigenvalue weighted by atomic mass is 32.2. The number of primary sulfonamides is 1. The number of rotatable bonds is 4. The molecule has 0 aliphatic carbocycles. The van der Waals surface area contributed by atoms with Crippen LogP contribution in [-0.4, -0.2) is 18.4 Å². The molecule has 0 saturated heterocycles. The SMILES string of the molecule is Cc1cc(-c2ccccc2)nc(Nc2ccc(S(N)(=O)=O)cc2)n1. The zero-order chi connectivity index (χ0) is 17.2. The molecular formula is C17H16N4O2S. The number of benzene rings is 2. The predicted molar refractivity (Wildman–Crippen MR) is 93.3 cm³/mol. The molecule has 1 aromatic heterocycles. The Morgan fingerprint density at radius 1 is 0.958 bits per heavy atom. The van der Waals surface area contributed by atoms with Crippen LogP contribution in [0.2, 0.25) is 0 Å². The van der Waals surface area contributed by atoms with Crippen LogP contribution >= 0.6 is 0 Å². The molecule has 0 amide bonds. The van der Waals surface area contributed by atoms with Crippen molar-refractivity contribution in [2.75, 3.05) is 5.32 Å². The number of hydrogen-bond donors (Lipinski definition) is 2. The Labute approximate surface area is 140 Å². The van der Waals surface area contributed by atoms with Crippen molar-refractivity contribution in [1.82, 2.24) is 9.97 Å². The molecule has 0 fully saturated rings. The van der Waals surface area contributed by atoms with Gasteiger partial charge in [0, 0.05) is 16.9 Å². The van der Waals surface area contributed by atoms with Crippen LogP contribution in [-0.2, 0) is 10.0 Å². The van der Waals surface area contributed by atoms with E-state index in [0.29, 0.717) is 11.6 Å². The molecule has 0 saturated carbocycles. The lowest BCUT2D eigenvalue weighted by molar-refractivity contribution is 0.598. The average Bonchev–Trinajstić information content (AvgIpc) is 2.55. The quantitative estimate of drug-likeness (QED) is 0.761. The van der Waals surface area contributed by atoms with Gasteiger partial charge in [-0.3, -0.25) is 0 Å². The summed E-state index contributed by atoms with van der Waals surface area (Å²) in [7, 11) is -3.70. The first-order valence-corrected chi connectivity index (χ1v) is 8.77. The fraction of sp³-hybridized carbons (Fsp3) is 0.0588. The molecule has 7 heteroatoms. The predicted octanol–water partition coefficient (Wildman–Crippen LogP) is 2.84. The fourth-order valence-corrected chi connectivity index (χ4v) is 2.75. The zero-order valence-corrected chi connectivity index (χ0v) is 13.8. The topological polar surface area (TPSA) is 98.0 Å². The number of anilines is 2. The summed E-state index contributed by atoms with van der Waals surface area (Å²) in [5.41, 5.74) is 3.31. The molecule has 122 valence electrons. The number of aryl methyl sites for hydroxylation is 1. The van der Waals surface area contributed by atoms with Crippen LogP contribution in [0.25, 0.3) is 11.3 Å². The summed E-state index contributed by atoms with van der Waals surface area (Å²) in [4.78, 5) is 8.92. The Kier molecular flexibility index (Phi) is 4.28. The Bertz CT molecular complexity index is 956. The van der Waals surface area contributed by atoms with Gasteiger partial charge in [-0.1, -0.05) is 30.3 Å². The molecule has 0 radical (unpaired) electrons. The maximum atomic E-state index is 11.3. The second-order valence-electron chi connectivity index (χ2n) is 5.28. The van der Waals surface area contributed by atoms with Crippen LogP contribution in [0, 0.1) is 6.92 Å². The largest absolute Gasteiger partial charge is 0.324 e. The van der Waals surface area contributed by atoms with Gasteiger partial charge in [-0.2, -0.15) is 0 Å². The summed E-state index contributed by atoms with van der Waals surface area (Å²) in [6.07, 6.45) is 0. The Hall–Kier alpha value is -2.77. The van der Waals surface area contributed by atoms with Crippen LogP contribution in [0.4, 0.5) is 11.6 Å². The van der Waals surface area contributed by atoms with E-state index in [2.05, 4.69) is 15.3 Å². The van der Waals surface area contributed by atoms with E-state index >= 15 is 0 Å². The third kappa shape index (κ3) is 3.76. The number of nitrogens with zero attached hydrogens (tertiary/aromatic N) is 2. The summed E-state index contributed by atoms with van der Waals surface area (Å²) < 4.78 is 22.6. The highest BCUT2D eigenvalue weighted by Gasteiger charge is 2.08. The molecule has 0 aliphatic rings. The smallest absolute Gasteiger partial charge is 0.238 e. The van der Waals surface area contributed by atoms with Crippen LogP contribution < -0.4 is 10.5 Å². The number of nitrogens with one attached hydrogen (secondary N) is 1. The third-order valence-corrected chi connectivity index (χ3v) is 4.29. The van der Waals surface area contributed by atoms with Crippen molar-refractivity contribution in [3.8, 4) is 11.3 Å². The molecule has 0 spiro atoms. The van der Waals surface area contributed by atoms with Gasteiger partial charge in [-0.05, 0) is 37.3 Å². The molecule has 3 aromatic rings. The van der Waals surface area contributed by atoms with E-state index in [1.165, 1.54) is 12.1 Å². The van der Waals surface area contributed by atoms with Gasteiger partial charge in [-0.15, -0.1) is 0 Å². The van der Waals surface area contributed by atoms with Crippen LogP contribution in [0.5, 0.6) is 0 Å². The normalized spacial score (nSPS) is 11.2. The van der Waals surface area contributed by atoms with Crippen LogP contribution in [0.1, 0.15) is 5.69 Å². The first-order valence-electron chi connectivity index (χ1n) is 7.23. The Morgan fingerprint density at radius 3 is 2.25 bits per heavy atom. The number of nitrogens with two attached hydrogens (primary N) is 1. The number of hydrogen-bond acceptors (Lipinski definition) is 5. The molecule has 0 bridgehead atoms. The van der Waals surface area contributed by atoms with Crippen molar-refractivity contribution in [2.24, 2.45) is 5.14 Å². The maximum absolute atomic E-state index is 11.3. The lowest BCUT2D eigenvalue weighted by atomic mass is 10.1. The van der Waals surface area contributed by atoms with E-state index in [1.54, 1.807) is 12.1 Å². The number of sulfonamides is 1. The third-order valence-electron chi connectivity index (χ3n) is 3.36. The van der Waals surface area contributed by atoms with Crippen molar-refractivity contribution in [3.63, 3.8) is 0 Å². The van der Waals surface area contributed by atoms with Gasteiger partial charge >= 0.3 is 0 Å². The van der Waals surface area contributed by atoms with Gasteiger partial charge in [0.05, 0.1) is 10.6 Å². The molecule has 6 nitrogen and oxygen atoms in total. The first-order chi connectivity index (χ1) is 11.4. The van der Waals surface area contributed by atoms with Crippen molar-refractivity contribution in [1.29, 1.82) is 0 Å². The number of aromatic nitrogens is 2. The van der Waals surface area contributed by atoms with E-state index in [0.717, 1.165) is 17.0 Å². The van der Waals surface area contributed by atoms with Gasteiger partial charge < -0.3 is 5.32 Å². The van der Waals surface area contributed by atoms with Gasteiger partial charge in [0.1, 0.15) is 0 Å². The maximum Gasteiger partial charge on any atom is 0.238 e. The van der Waals surface area contributed by atoms with Crippen molar-refractivity contribution >= 4 is 21.7 Å². The van der Waals surface area contributed by atoms with Crippen LogP contribution in [0.15, 0.2) is 65.6 Å². The molecule has 0 aliphatic heterocycles. The van der Waals surface area contributed by atoms with Gasteiger partial charge in [-0.25, -0.2) is 23.5 Å². The molecule has 3 N–H and O–H groups in total. The Balaban J connectivity index is 1.89. The van der Waals surface area contributed by atoms with Crippen molar-refractivity contribution in [2.45, 2.75) is 11.8 Å². The highest BCUT2D eigenvalue weighted by molar-refractivity contribution is 7.89.